The quantitative estimate of drug-likeness (QED) is 0.373. The fourth-order valence-electron chi connectivity index (χ4n) is 2.31. The SMILES string of the molecule is CCOC(=O)[C@@H](C(=O)c1ccccc1)[C@@H]1CC(=O)NC1=O. The average Bonchev–Trinajstić information content (AvgIpc) is 2.79. The molecule has 0 radical (unpaired) electrons. The molecule has 0 saturated carbocycles. The van der Waals surface area contributed by atoms with Crippen LogP contribution in [-0.2, 0) is 19.1 Å². The van der Waals surface area contributed by atoms with Crippen molar-refractivity contribution in [3.63, 3.8) is 0 Å². The lowest BCUT2D eigenvalue weighted by Gasteiger charge is -2.18. The first kappa shape index (κ1) is 14.9. The minimum Gasteiger partial charge on any atom is -0.465 e. The molecule has 1 heterocycles. The standard InChI is InChI=1S/C15H15NO5/c1-2-21-15(20)12(10-8-11(17)16-14(10)19)13(18)9-6-4-3-5-7-9/h3-7,10,12H,2,8H2,1H3,(H,16,17,19)/t10-,12+/m0/s1. The van der Waals surface area contributed by atoms with Gasteiger partial charge in [-0.3, -0.25) is 24.5 Å². The Balaban J connectivity index is 2.32. The molecule has 0 aliphatic carbocycles. The van der Waals surface area contributed by atoms with Crippen molar-refractivity contribution in [3.05, 3.63) is 35.9 Å². The summed E-state index contributed by atoms with van der Waals surface area (Å²) in [6.45, 7) is 1.71. The van der Waals surface area contributed by atoms with E-state index in [4.69, 9.17) is 4.74 Å². The van der Waals surface area contributed by atoms with Gasteiger partial charge in [-0.25, -0.2) is 0 Å². The molecule has 1 saturated heterocycles. The summed E-state index contributed by atoms with van der Waals surface area (Å²) in [5, 5.41) is 2.11. The molecule has 0 bridgehead atoms. The molecule has 1 aromatic rings. The highest BCUT2D eigenvalue weighted by atomic mass is 16.5. The van der Waals surface area contributed by atoms with Gasteiger partial charge in [-0.15, -0.1) is 0 Å². The van der Waals surface area contributed by atoms with Gasteiger partial charge in [0.1, 0.15) is 5.92 Å². The van der Waals surface area contributed by atoms with Crippen LogP contribution < -0.4 is 5.32 Å². The van der Waals surface area contributed by atoms with Crippen molar-refractivity contribution in [2.45, 2.75) is 13.3 Å². The summed E-state index contributed by atoms with van der Waals surface area (Å²) in [4.78, 5) is 47.7. The summed E-state index contributed by atoms with van der Waals surface area (Å²) in [5.41, 5.74) is 0.308. The minimum absolute atomic E-state index is 0.0969. The monoisotopic (exact) mass is 289 g/mol. The lowest BCUT2D eigenvalue weighted by molar-refractivity contribution is -0.149. The summed E-state index contributed by atoms with van der Waals surface area (Å²) >= 11 is 0. The molecule has 21 heavy (non-hydrogen) atoms. The summed E-state index contributed by atoms with van der Waals surface area (Å²) in [6, 6.07) is 8.18. The third kappa shape index (κ3) is 3.16. The molecule has 0 unspecified atom stereocenters. The van der Waals surface area contributed by atoms with Crippen LogP contribution in [0.25, 0.3) is 0 Å². The van der Waals surface area contributed by atoms with Crippen LogP contribution in [0, 0.1) is 11.8 Å². The maximum Gasteiger partial charge on any atom is 0.317 e. The number of carbonyl (C=O) groups excluding carboxylic acids is 4. The summed E-state index contributed by atoms with van der Waals surface area (Å²) in [5.74, 6) is -4.68. The van der Waals surface area contributed by atoms with Gasteiger partial charge in [0.15, 0.2) is 5.78 Å². The predicted molar refractivity (Wildman–Crippen MR) is 72.2 cm³/mol. The topological polar surface area (TPSA) is 89.5 Å². The molecule has 1 aromatic carbocycles. The molecule has 110 valence electrons. The molecule has 1 fully saturated rings. The van der Waals surface area contributed by atoms with Gasteiger partial charge in [0.05, 0.1) is 12.5 Å². The first-order valence-corrected chi connectivity index (χ1v) is 6.64. The molecule has 1 aliphatic heterocycles. The number of rotatable bonds is 5. The first-order valence-electron chi connectivity index (χ1n) is 6.64. The van der Waals surface area contributed by atoms with Gasteiger partial charge in [0, 0.05) is 12.0 Å². The van der Waals surface area contributed by atoms with Gasteiger partial charge < -0.3 is 4.74 Å². The van der Waals surface area contributed by atoms with Gasteiger partial charge in [-0.1, -0.05) is 30.3 Å². The molecular formula is C15H15NO5. The first-order chi connectivity index (χ1) is 10.0. The number of ether oxygens (including phenoxy) is 1. The van der Waals surface area contributed by atoms with Gasteiger partial charge in [-0.05, 0) is 6.92 Å². The maximum atomic E-state index is 12.5. The predicted octanol–water partition coefficient (Wildman–Crippen LogP) is 0.711. The van der Waals surface area contributed by atoms with Crippen LogP contribution >= 0.6 is 0 Å². The second-order valence-corrected chi connectivity index (χ2v) is 4.68. The molecule has 6 nitrogen and oxygen atoms in total. The number of amides is 2. The van der Waals surface area contributed by atoms with Crippen LogP contribution in [0.2, 0.25) is 0 Å². The Bertz CT molecular complexity index is 581. The van der Waals surface area contributed by atoms with Gasteiger partial charge >= 0.3 is 5.97 Å². The summed E-state index contributed by atoms with van der Waals surface area (Å²) in [6.07, 6.45) is -0.180. The van der Waals surface area contributed by atoms with Crippen molar-refractivity contribution in [1.82, 2.24) is 5.32 Å². The van der Waals surface area contributed by atoms with Crippen LogP contribution in [0.5, 0.6) is 0 Å². The third-order valence-corrected chi connectivity index (χ3v) is 3.29. The highest BCUT2D eigenvalue weighted by molar-refractivity contribution is 6.14. The molecule has 0 spiro atoms. The zero-order valence-electron chi connectivity index (χ0n) is 11.5. The third-order valence-electron chi connectivity index (χ3n) is 3.29. The highest BCUT2D eigenvalue weighted by Crippen LogP contribution is 2.26. The second kappa shape index (κ2) is 6.30. The molecule has 6 heteroatoms. The maximum absolute atomic E-state index is 12.5. The van der Waals surface area contributed by atoms with Crippen LogP contribution in [0.4, 0.5) is 0 Å². The fraction of sp³-hybridized carbons (Fsp3) is 0.333. The largest absolute Gasteiger partial charge is 0.465 e. The van der Waals surface area contributed by atoms with E-state index in [0.717, 1.165) is 0 Å². The van der Waals surface area contributed by atoms with E-state index in [-0.39, 0.29) is 13.0 Å². The number of hydrogen-bond donors (Lipinski definition) is 1. The number of carbonyl (C=O) groups is 4. The molecule has 2 rings (SSSR count). The lowest BCUT2D eigenvalue weighted by Crippen LogP contribution is -2.37. The summed E-state index contributed by atoms with van der Waals surface area (Å²) < 4.78 is 4.89. The zero-order valence-corrected chi connectivity index (χ0v) is 11.5. The number of ketones is 1. The Labute approximate surface area is 121 Å². The number of esters is 1. The van der Waals surface area contributed by atoms with Crippen molar-refractivity contribution in [2.24, 2.45) is 11.8 Å². The van der Waals surface area contributed by atoms with E-state index in [9.17, 15) is 19.2 Å². The van der Waals surface area contributed by atoms with Crippen LogP contribution in [0.1, 0.15) is 23.7 Å². The fourth-order valence-corrected chi connectivity index (χ4v) is 2.31. The Morgan fingerprint density at radius 1 is 1.29 bits per heavy atom. The van der Waals surface area contributed by atoms with Crippen molar-refractivity contribution in [3.8, 4) is 0 Å². The minimum atomic E-state index is -1.29. The van der Waals surface area contributed by atoms with Crippen molar-refractivity contribution < 1.29 is 23.9 Å². The Morgan fingerprint density at radius 2 is 1.95 bits per heavy atom. The number of imide groups is 1. The van der Waals surface area contributed by atoms with Crippen molar-refractivity contribution >= 4 is 23.6 Å². The van der Waals surface area contributed by atoms with E-state index < -0.39 is 35.4 Å². The second-order valence-electron chi connectivity index (χ2n) is 4.68. The van der Waals surface area contributed by atoms with Crippen LogP contribution in [0.15, 0.2) is 30.3 Å². The number of nitrogens with one attached hydrogen (secondary N) is 1. The van der Waals surface area contributed by atoms with Crippen LogP contribution in [-0.4, -0.2) is 30.2 Å². The highest BCUT2D eigenvalue weighted by Gasteiger charge is 2.45. The molecule has 1 aliphatic rings. The molecule has 0 aromatic heterocycles. The molecule has 2 amide bonds. The van der Waals surface area contributed by atoms with E-state index in [1.807, 2.05) is 0 Å². The van der Waals surface area contributed by atoms with Crippen molar-refractivity contribution in [1.29, 1.82) is 0 Å². The van der Waals surface area contributed by atoms with Gasteiger partial charge in [0.25, 0.3) is 0 Å². The van der Waals surface area contributed by atoms with E-state index in [2.05, 4.69) is 5.32 Å². The van der Waals surface area contributed by atoms with Crippen molar-refractivity contribution in [2.75, 3.05) is 6.61 Å². The van der Waals surface area contributed by atoms with Gasteiger partial charge in [0.2, 0.25) is 11.8 Å². The number of hydrogen-bond acceptors (Lipinski definition) is 5. The molecule has 2 atom stereocenters. The average molecular weight is 289 g/mol. The van der Waals surface area contributed by atoms with E-state index in [1.165, 1.54) is 0 Å². The van der Waals surface area contributed by atoms with Crippen LogP contribution in [0.3, 0.4) is 0 Å². The van der Waals surface area contributed by atoms with E-state index in [0.29, 0.717) is 5.56 Å². The Hall–Kier alpha value is -2.50. The van der Waals surface area contributed by atoms with Gasteiger partial charge in [-0.2, -0.15) is 0 Å². The zero-order chi connectivity index (χ0) is 15.4. The Kier molecular flexibility index (Phi) is 4.47. The summed E-state index contributed by atoms with van der Waals surface area (Å²) in [7, 11) is 0. The normalized spacial score (nSPS) is 19.0. The Morgan fingerprint density at radius 3 is 2.48 bits per heavy atom. The van der Waals surface area contributed by atoms with E-state index in [1.54, 1.807) is 37.3 Å². The van der Waals surface area contributed by atoms with E-state index >= 15 is 0 Å². The lowest BCUT2D eigenvalue weighted by atomic mass is 9.84. The number of Topliss-reactive ketones (excluding diaryl/α,β-unsaturated/α-hetero) is 1. The smallest absolute Gasteiger partial charge is 0.317 e. The number of benzene rings is 1. The molecule has 1 N–H and O–H groups in total. The molecular weight excluding hydrogens is 274 g/mol.